The minimum absolute atomic E-state index is 0.0168. The molecular weight excluding hydrogens is 148 g/mol. The maximum atomic E-state index is 10.5. The van der Waals surface area contributed by atoms with Gasteiger partial charge in [-0.2, -0.15) is 0 Å². The first kappa shape index (κ1) is 10.3. The second kappa shape index (κ2) is 4.25. The Kier molecular flexibility index (Phi) is 3.99. The van der Waals surface area contributed by atoms with Crippen LogP contribution in [-0.4, -0.2) is 28.7 Å². The Morgan fingerprint density at radius 1 is 1.73 bits per heavy atom. The predicted octanol–water partition coefficient (Wildman–Crippen LogP) is -0.247. The van der Waals surface area contributed by atoms with Gasteiger partial charge in [-0.15, -0.1) is 0 Å². The van der Waals surface area contributed by atoms with Gasteiger partial charge < -0.3 is 10.8 Å². The third-order valence-electron chi connectivity index (χ3n) is 2.00. The van der Waals surface area contributed by atoms with Gasteiger partial charge >= 0.3 is 0 Å². The highest BCUT2D eigenvalue weighted by Crippen LogP contribution is 2.17. The fourth-order valence-corrected chi connectivity index (χ4v) is 0.926. The third-order valence-corrected chi connectivity index (χ3v) is 2.00. The number of nitrogens with two attached hydrogens (primary N) is 1. The molecule has 0 aliphatic rings. The Bertz CT molecular complexity index is 134. The molecule has 1 atom stereocenters. The molecule has 0 aromatic heterocycles. The average molecular weight is 162 g/mol. The largest absolute Gasteiger partial charge is 0.396 e. The van der Waals surface area contributed by atoms with Crippen LogP contribution in [0, 0.1) is 10.1 Å². The number of aliphatic hydroxyl groups is 1. The van der Waals surface area contributed by atoms with E-state index in [9.17, 15) is 10.1 Å². The summed E-state index contributed by atoms with van der Waals surface area (Å²) in [5, 5.41) is 19.0. The van der Waals surface area contributed by atoms with Gasteiger partial charge in [0.25, 0.3) is 0 Å². The lowest BCUT2D eigenvalue weighted by Gasteiger charge is -2.20. The summed E-state index contributed by atoms with van der Waals surface area (Å²) in [6.07, 6.45) is 0.490. The summed E-state index contributed by atoms with van der Waals surface area (Å²) >= 11 is 0. The zero-order chi connectivity index (χ0) is 8.91. The van der Waals surface area contributed by atoms with Crippen LogP contribution in [0.5, 0.6) is 0 Å². The van der Waals surface area contributed by atoms with Crippen molar-refractivity contribution >= 4 is 0 Å². The van der Waals surface area contributed by atoms with Crippen molar-refractivity contribution in [1.29, 1.82) is 0 Å². The standard InChI is InChI=1S/C6H14N2O3/c1-2-6(5-7,3-4-9)8(10)11/h9H,2-5,7H2,1H3. The quantitative estimate of drug-likeness (QED) is 0.431. The zero-order valence-electron chi connectivity index (χ0n) is 6.62. The van der Waals surface area contributed by atoms with Gasteiger partial charge in [0.05, 0.1) is 6.54 Å². The molecule has 0 fully saturated rings. The van der Waals surface area contributed by atoms with Crippen LogP contribution in [0.15, 0.2) is 0 Å². The van der Waals surface area contributed by atoms with Crippen LogP contribution in [0.4, 0.5) is 0 Å². The van der Waals surface area contributed by atoms with Crippen molar-refractivity contribution in [3.8, 4) is 0 Å². The van der Waals surface area contributed by atoms with Crippen molar-refractivity contribution in [2.45, 2.75) is 25.3 Å². The lowest BCUT2D eigenvalue weighted by Crippen LogP contribution is -2.45. The molecule has 0 aromatic carbocycles. The van der Waals surface area contributed by atoms with Crippen LogP contribution in [-0.2, 0) is 0 Å². The van der Waals surface area contributed by atoms with Gasteiger partial charge in [0, 0.05) is 24.4 Å². The summed E-state index contributed by atoms with van der Waals surface area (Å²) in [7, 11) is 0. The Balaban J connectivity index is 4.32. The molecular formula is C6H14N2O3. The Hall–Kier alpha value is -0.680. The van der Waals surface area contributed by atoms with Crippen molar-refractivity contribution in [1.82, 2.24) is 0 Å². The summed E-state index contributed by atoms with van der Waals surface area (Å²) < 4.78 is 0. The van der Waals surface area contributed by atoms with Crippen LogP contribution in [0.25, 0.3) is 0 Å². The molecule has 1 unspecified atom stereocenters. The van der Waals surface area contributed by atoms with Crippen LogP contribution in [0.3, 0.4) is 0 Å². The van der Waals surface area contributed by atoms with Gasteiger partial charge in [0.2, 0.25) is 5.54 Å². The second-order valence-corrected chi connectivity index (χ2v) is 2.51. The molecule has 11 heavy (non-hydrogen) atoms. The van der Waals surface area contributed by atoms with Crippen LogP contribution in [0.1, 0.15) is 19.8 Å². The van der Waals surface area contributed by atoms with Crippen molar-refractivity contribution in [2.24, 2.45) is 5.73 Å². The van der Waals surface area contributed by atoms with Gasteiger partial charge in [0.1, 0.15) is 0 Å². The fraction of sp³-hybridized carbons (Fsp3) is 1.00. The molecule has 0 saturated heterocycles. The number of rotatable bonds is 5. The maximum absolute atomic E-state index is 10.5. The van der Waals surface area contributed by atoms with Crippen molar-refractivity contribution < 1.29 is 10.0 Å². The molecule has 3 N–H and O–H groups in total. The van der Waals surface area contributed by atoms with E-state index in [0.29, 0.717) is 6.42 Å². The van der Waals surface area contributed by atoms with E-state index in [1.165, 1.54) is 0 Å². The highest BCUT2D eigenvalue weighted by Gasteiger charge is 2.38. The van der Waals surface area contributed by atoms with Crippen molar-refractivity contribution in [3.63, 3.8) is 0 Å². The van der Waals surface area contributed by atoms with Gasteiger partial charge in [-0.1, -0.05) is 6.92 Å². The van der Waals surface area contributed by atoms with E-state index in [1.807, 2.05) is 0 Å². The second-order valence-electron chi connectivity index (χ2n) is 2.51. The van der Waals surface area contributed by atoms with E-state index in [1.54, 1.807) is 6.92 Å². The molecule has 0 saturated carbocycles. The van der Waals surface area contributed by atoms with Gasteiger partial charge in [-0.25, -0.2) is 0 Å². The lowest BCUT2D eigenvalue weighted by atomic mass is 9.93. The monoisotopic (exact) mass is 162 g/mol. The molecule has 0 spiro atoms. The SMILES string of the molecule is CCC(CN)(CCO)[N+](=O)[O-]. The highest BCUT2D eigenvalue weighted by molar-refractivity contribution is 4.78. The molecule has 5 heteroatoms. The average Bonchev–Trinajstić information content (AvgIpc) is 2.00. The molecule has 0 aliphatic heterocycles. The van der Waals surface area contributed by atoms with E-state index >= 15 is 0 Å². The number of nitro groups is 1. The molecule has 0 heterocycles. The number of hydrogen-bond donors (Lipinski definition) is 2. The number of aliphatic hydroxyl groups excluding tert-OH is 1. The van der Waals surface area contributed by atoms with Gasteiger partial charge in [-0.3, -0.25) is 10.1 Å². The topological polar surface area (TPSA) is 89.4 Å². The molecule has 0 aliphatic carbocycles. The maximum Gasteiger partial charge on any atom is 0.236 e. The van der Waals surface area contributed by atoms with E-state index in [-0.39, 0.29) is 19.6 Å². The Labute approximate surface area is 65.4 Å². The summed E-state index contributed by atoms with van der Waals surface area (Å²) in [6.45, 7) is 1.49. The molecule has 0 bridgehead atoms. The Morgan fingerprint density at radius 3 is 2.36 bits per heavy atom. The van der Waals surface area contributed by atoms with E-state index in [2.05, 4.69) is 0 Å². The van der Waals surface area contributed by atoms with Crippen LogP contribution in [0.2, 0.25) is 0 Å². The number of hydrogen-bond acceptors (Lipinski definition) is 4. The van der Waals surface area contributed by atoms with E-state index in [0.717, 1.165) is 0 Å². The molecule has 66 valence electrons. The van der Waals surface area contributed by atoms with E-state index in [4.69, 9.17) is 10.8 Å². The van der Waals surface area contributed by atoms with Gasteiger partial charge in [0.15, 0.2) is 0 Å². The normalized spacial score (nSPS) is 15.9. The van der Waals surface area contributed by atoms with Crippen molar-refractivity contribution in [3.05, 3.63) is 10.1 Å². The summed E-state index contributed by atoms with van der Waals surface area (Å²) in [4.78, 5) is 10.1. The third kappa shape index (κ3) is 2.13. The molecule has 0 rings (SSSR count). The first-order valence-corrected chi connectivity index (χ1v) is 3.58. The smallest absolute Gasteiger partial charge is 0.236 e. The zero-order valence-corrected chi connectivity index (χ0v) is 6.62. The van der Waals surface area contributed by atoms with E-state index < -0.39 is 10.5 Å². The van der Waals surface area contributed by atoms with Crippen LogP contribution >= 0.6 is 0 Å². The number of nitrogens with zero attached hydrogens (tertiary/aromatic N) is 1. The highest BCUT2D eigenvalue weighted by atomic mass is 16.6. The molecule has 0 radical (unpaired) electrons. The summed E-state index contributed by atoms with van der Waals surface area (Å²) in [5.74, 6) is 0. The van der Waals surface area contributed by atoms with Crippen molar-refractivity contribution in [2.75, 3.05) is 13.2 Å². The molecule has 0 amide bonds. The molecule has 5 nitrogen and oxygen atoms in total. The first-order chi connectivity index (χ1) is 5.13. The van der Waals surface area contributed by atoms with Crippen LogP contribution < -0.4 is 5.73 Å². The predicted molar refractivity (Wildman–Crippen MR) is 40.8 cm³/mol. The summed E-state index contributed by atoms with van der Waals surface area (Å²) in [5.41, 5.74) is 4.14. The minimum Gasteiger partial charge on any atom is -0.396 e. The van der Waals surface area contributed by atoms with Gasteiger partial charge in [-0.05, 0) is 0 Å². The Morgan fingerprint density at radius 2 is 2.27 bits per heavy atom. The molecule has 0 aromatic rings. The summed E-state index contributed by atoms with van der Waals surface area (Å²) in [6, 6.07) is 0. The minimum atomic E-state index is -1.12. The first-order valence-electron chi connectivity index (χ1n) is 3.58. The lowest BCUT2D eigenvalue weighted by molar-refractivity contribution is -0.569. The fourth-order valence-electron chi connectivity index (χ4n) is 0.926.